The van der Waals surface area contributed by atoms with Crippen LogP contribution in [0.4, 0.5) is 20.2 Å². The van der Waals surface area contributed by atoms with Gasteiger partial charge in [-0.15, -0.1) is 0 Å². The summed E-state index contributed by atoms with van der Waals surface area (Å²) in [4.78, 5) is 13.8. The molecule has 1 amide bonds. The van der Waals surface area contributed by atoms with Gasteiger partial charge in [0.1, 0.15) is 11.6 Å². The van der Waals surface area contributed by atoms with Gasteiger partial charge in [0.05, 0.1) is 0 Å². The maximum absolute atomic E-state index is 13.1. The molecule has 0 heterocycles. The van der Waals surface area contributed by atoms with Gasteiger partial charge in [0.2, 0.25) is 0 Å². The Balaban J connectivity index is 2.21. The molecule has 0 aliphatic rings. The Labute approximate surface area is 115 Å². The third kappa shape index (κ3) is 3.32. The number of carbonyl (C=O) groups excluding carboxylic acids is 1. The molecule has 0 unspecified atom stereocenters. The van der Waals surface area contributed by atoms with Gasteiger partial charge in [-0.05, 0) is 30.3 Å². The van der Waals surface area contributed by atoms with E-state index in [1.54, 1.807) is 18.2 Å². The van der Waals surface area contributed by atoms with Crippen LogP contribution in [0.2, 0.25) is 0 Å². The number of carbonyl (C=O) groups is 1. The number of rotatable bonds is 3. The third-order valence-corrected chi connectivity index (χ3v) is 2.75. The van der Waals surface area contributed by atoms with Crippen molar-refractivity contribution in [3.63, 3.8) is 0 Å². The lowest BCUT2D eigenvalue weighted by atomic mass is 10.2. The molecule has 0 aromatic heterocycles. The van der Waals surface area contributed by atoms with Crippen molar-refractivity contribution >= 4 is 17.3 Å². The summed E-state index contributed by atoms with van der Waals surface area (Å²) < 4.78 is 26.1. The van der Waals surface area contributed by atoms with Crippen molar-refractivity contribution in [3.05, 3.63) is 59.7 Å². The fourth-order valence-electron chi connectivity index (χ4n) is 1.75. The lowest BCUT2D eigenvalue weighted by Gasteiger charge is -2.14. The summed E-state index contributed by atoms with van der Waals surface area (Å²) in [5, 5.41) is 2.61. The van der Waals surface area contributed by atoms with Gasteiger partial charge in [-0.3, -0.25) is 4.79 Å². The molecule has 0 aliphatic carbocycles. The average molecular weight is 276 g/mol. The molecule has 0 radical (unpaired) electrons. The molecule has 5 heteroatoms. The predicted molar refractivity (Wildman–Crippen MR) is 75.1 cm³/mol. The van der Waals surface area contributed by atoms with E-state index in [1.165, 1.54) is 0 Å². The highest BCUT2D eigenvalue weighted by molar-refractivity contribution is 6.04. The Hall–Kier alpha value is -2.43. The average Bonchev–Trinajstić information content (AvgIpc) is 2.37. The van der Waals surface area contributed by atoms with Gasteiger partial charge in [-0.2, -0.15) is 0 Å². The van der Waals surface area contributed by atoms with E-state index in [1.807, 2.05) is 25.1 Å². The van der Waals surface area contributed by atoms with Gasteiger partial charge in [-0.1, -0.05) is 6.07 Å². The molecule has 0 atom stereocenters. The van der Waals surface area contributed by atoms with Crippen molar-refractivity contribution in [2.24, 2.45) is 0 Å². The molecule has 0 aliphatic heterocycles. The second-order valence-electron chi connectivity index (χ2n) is 4.56. The van der Waals surface area contributed by atoms with Gasteiger partial charge in [0, 0.05) is 37.1 Å². The maximum atomic E-state index is 13.1. The normalized spacial score (nSPS) is 10.2. The first-order chi connectivity index (χ1) is 9.45. The fourth-order valence-corrected chi connectivity index (χ4v) is 1.75. The molecule has 0 spiro atoms. The third-order valence-electron chi connectivity index (χ3n) is 2.75. The predicted octanol–water partition coefficient (Wildman–Crippen LogP) is 3.28. The lowest BCUT2D eigenvalue weighted by molar-refractivity contribution is 0.102. The van der Waals surface area contributed by atoms with Gasteiger partial charge < -0.3 is 10.2 Å². The van der Waals surface area contributed by atoms with Gasteiger partial charge in [-0.25, -0.2) is 8.78 Å². The first-order valence-corrected chi connectivity index (χ1v) is 6.00. The highest BCUT2D eigenvalue weighted by Gasteiger charge is 2.10. The highest BCUT2D eigenvalue weighted by atomic mass is 19.1. The number of benzene rings is 2. The monoisotopic (exact) mass is 276 g/mol. The molecule has 0 fully saturated rings. The molecule has 104 valence electrons. The summed E-state index contributed by atoms with van der Waals surface area (Å²) in [5.74, 6) is -2.12. The van der Waals surface area contributed by atoms with E-state index in [4.69, 9.17) is 0 Å². The summed E-state index contributed by atoms with van der Waals surface area (Å²) in [6.07, 6.45) is 0. The van der Waals surface area contributed by atoms with Crippen LogP contribution in [0, 0.1) is 11.6 Å². The topological polar surface area (TPSA) is 32.3 Å². The second-order valence-corrected chi connectivity index (χ2v) is 4.56. The van der Waals surface area contributed by atoms with E-state index in [2.05, 4.69) is 5.32 Å². The van der Waals surface area contributed by atoms with E-state index in [0.29, 0.717) is 5.69 Å². The molecule has 2 aromatic rings. The standard InChI is InChI=1S/C15H14F2N2O/c1-19(2)14-5-3-4-13(9-14)18-15(20)10-6-11(16)8-12(17)7-10/h3-9H,1-2H3,(H,18,20). The minimum absolute atomic E-state index is 0.0576. The van der Waals surface area contributed by atoms with Crippen LogP contribution in [-0.4, -0.2) is 20.0 Å². The Morgan fingerprint density at radius 1 is 1.05 bits per heavy atom. The molecule has 3 nitrogen and oxygen atoms in total. The first kappa shape index (κ1) is 14.0. The molecular weight excluding hydrogens is 262 g/mol. The molecular formula is C15H14F2N2O. The lowest BCUT2D eigenvalue weighted by Crippen LogP contribution is -2.14. The molecule has 0 saturated heterocycles. The van der Waals surface area contributed by atoms with Crippen LogP contribution in [0.15, 0.2) is 42.5 Å². The van der Waals surface area contributed by atoms with Crippen molar-refractivity contribution in [2.75, 3.05) is 24.3 Å². The van der Waals surface area contributed by atoms with Crippen LogP contribution in [0.3, 0.4) is 0 Å². The Morgan fingerprint density at radius 3 is 2.30 bits per heavy atom. The zero-order valence-corrected chi connectivity index (χ0v) is 11.2. The SMILES string of the molecule is CN(C)c1cccc(NC(=O)c2cc(F)cc(F)c2)c1. The number of hydrogen-bond acceptors (Lipinski definition) is 2. The summed E-state index contributed by atoms with van der Waals surface area (Å²) in [6, 6.07) is 9.87. The molecule has 0 saturated carbocycles. The second kappa shape index (κ2) is 5.69. The Morgan fingerprint density at radius 2 is 1.70 bits per heavy atom. The van der Waals surface area contributed by atoms with Crippen molar-refractivity contribution < 1.29 is 13.6 Å². The van der Waals surface area contributed by atoms with Crippen molar-refractivity contribution in [1.29, 1.82) is 0 Å². The van der Waals surface area contributed by atoms with E-state index >= 15 is 0 Å². The van der Waals surface area contributed by atoms with Crippen LogP contribution < -0.4 is 10.2 Å². The van der Waals surface area contributed by atoms with E-state index in [-0.39, 0.29) is 5.56 Å². The van der Waals surface area contributed by atoms with Crippen LogP contribution in [0.1, 0.15) is 10.4 Å². The van der Waals surface area contributed by atoms with Crippen molar-refractivity contribution in [2.45, 2.75) is 0 Å². The van der Waals surface area contributed by atoms with Gasteiger partial charge >= 0.3 is 0 Å². The zero-order chi connectivity index (χ0) is 14.7. The summed E-state index contributed by atoms with van der Waals surface area (Å²) in [6.45, 7) is 0. The van der Waals surface area contributed by atoms with E-state index < -0.39 is 17.5 Å². The number of nitrogens with one attached hydrogen (secondary N) is 1. The summed E-state index contributed by atoms with van der Waals surface area (Å²) >= 11 is 0. The highest BCUT2D eigenvalue weighted by Crippen LogP contribution is 2.18. The molecule has 2 aromatic carbocycles. The number of anilines is 2. The first-order valence-electron chi connectivity index (χ1n) is 6.00. The number of nitrogens with zero attached hydrogens (tertiary/aromatic N) is 1. The molecule has 0 bridgehead atoms. The Kier molecular flexibility index (Phi) is 3.98. The smallest absolute Gasteiger partial charge is 0.255 e. The minimum Gasteiger partial charge on any atom is -0.378 e. The number of halogens is 2. The number of hydrogen-bond donors (Lipinski definition) is 1. The van der Waals surface area contributed by atoms with Gasteiger partial charge in [0.15, 0.2) is 0 Å². The van der Waals surface area contributed by atoms with Crippen LogP contribution in [0.25, 0.3) is 0 Å². The molecule has 20 heavy (non-hydrogen) atoms. The summed E-state index contributed by atoms with van der Waals surface area (Å²) in [7, 11) is 3.76. The maximum Gasteiger partial charge on any atom is 0.255 e. The zero-order valence-electron chi connectivity index (χ0n) is 11.2. The number of amides is 1. The fraction of sp³-hybridized carbons (Fsp3) is 0.133. The Bertz CT molecular complexity index is 621. The van der Waals surface area contributed by atoms with Gasteiger partial charge in [0.25, 0.3) is 5.91 Å². The van der Waals surface area contributed by atoms with Crippen LogP contribution >= 0.6 is 0 Å². The van der Waals surface area contributed by atoms with E-state index in [9.17, 15) is 13.6 Å². The van der Waals surface area contributed by atoms with Crippen LogP contribution in [0.5, 0.6) is 0 Å². The quantitative estimate of drug-likeness (QED) is 0.933. The van der Waals surface area contributed by atoms with Crippen molar-refractivity contribution in [1.82, 2.24) is 0 Å². The minimum atomic E-state index is -0.780. The van der Waals surface area contributed by atoms with E-state index in [0.717, 1.165) is 23.9 Å². The summed E-state index contributed by atoms with van der Waals surface area (Å²) in [5.41, 5.74) is 1.41. The molecule has 1 N–H and O–H groups in total. The van der Waals surface area contributed by atoms with Crippen LogP contribution in [-0.2, 0) is 0 Å². The largest absolute Gasteiger partial charge is 0.378 e. The van der Waals surface area contributed by atoms with Crippen molar-refractivity contribution in [3.8, 4) is 0 Å². The molecule has 2 rings (SSSR count).